The van der Waals surface area contributed by atoms with Gasteiger partial charge in [-0.2, -0.15) is 17.5 Å². The van der Waals surface area contributed by atoms with E-state index in [9.17, 15) is 26.4 Å². The van der Waals surface area contributed by atoms with Crippen LogP contribution in [-0.2, 0) is 19.5 Å². The van der Waals surface area contributed by atoms with Crippen LogP contribution < -0.4 is 0 Å². The zero-order chi connectivity index (χ0) is 17.4. The van der Waals surface area contributed by atoms with Gasteiger partial charge in [-0.25, -0.2) is 13.2 Å². The highest BCUT2D eigenvalue weighted by molar-refractivity contribution is 7.89. The second-order valence-corrected chi connectivity index (χ2v) is 8.09. The fourth-order valence-electron chi connectivity index (χ4n) is 1.95. The number of sulfonamides is 1. The molecule has 0 aliphatic carbocycles. The van der Waals surface area contributed by atoms with E-state index in [-0.39, 0.29) is 15.8 Å². The highest BCUT2D eigenvalue weighted by Gasteiger charge is 2.46. The molecule has 6 nitrogen and oxygen atoms in total. The van der Waals surface area contributed by atoms with Crippen molar-refractivity contribution in [1.82, 2.24) is 4.31 Å². The van der Waals surface area contributed by atoms with Crippen molar-refractivity contribution in [2.24, 2.45) is 0 Å². The molecule has 0 saturated carbocycles. The first-order valence-electron chi connectivity index (χ1n) is 6.13. The molecule has 2 rings (SSSR count). The normalized spacial score (nSPS) is 20.5. The van der Waals surface area contributed by atoms with Gasteiger partial charge in [0.2, 0.25) is 10.0 Å². The quantitative estimate of drug-likeness (QED) is 0.736. The predicted octanol–water partition coefficient (Wildman–Crippen LogP) is 2.14. The van der Waals surface area contributed by atoms with Crippen LogP contribution in [0.1, 0.15) is 9.67 Å². The Kier molecular flexibility index (Phi) is 5.26. The maximum atomic E-state index is 12.7. The molecule has 0 amide bonds. The number of nitrogens with zero attached hydrogens (tertiary/aromatic N) is 1. The largest absolute Gasteiger partial charge is 0.465 e. The number of morpholine rings is 1. The summed E-state index contributed by atoms with van der Waals surface area (Å²) in [5.74, 6) is -0.930. The van der Waals surface area contributed by atoms with Crippen molar-refractivity contribution in [3.63, 3.8) is 0 Å². The Morgan fingerprint density at radius 1 is 1.52 bits per heavy atom. The molecule has 0 N–H and O–H groups in total. The van der Waals surface area contributed by atoms with Crippen LogP contribution >= 0.6 is 22.9 Å². The second kappa shape index (κ2) is 6.55. The lowest BCUT2D eigenvalue weighted by atomic mass is 10.3. The first-order chi connectivity index (χ1) is 10.6. The van der Waals surface area contributed by atoms with Crippen molar-refractivity contribution in [2.75, 3.05) is 26.8 Å². The summed E-state index contributed by atoms with van der Waals surface area (Å²) < 4.78 is 73.0. The third-order valence-electron chi connectivity index (χ3n) is 3.05. The molecule has 1 aromatic rings. The van der Waals surface area contributed by atoms with E-state index in [1.807, 2.05) is 0 Å². The maximum Gasteiger partial charge on any atom is 0.415 e. The Hall–Kier alpha value is -0.880. The van der Waals surface area contributed by atoms with Gasteiger partial charge in [0, 0.05) is 13.1 Å². The second-order valence-electron chi connectivity index (χ2n) is 4.50. The number of carbonyl (C=O) groups excluding carboxylic acids is 1. The highest BCUT2D eigenvalue weighted by Crippen LogP contribution is 2.34. The van der Waals surface area contributed by atoms with Gasteiger partial charge in [-0.15, -0.1) is 11.3 Å². The number of hydrogen-bond donors (Lipinski definition) is 0. The van der Waals surface area contributed by atoms with Crippen LogP contribution in [0.25, 0.3) is 0 Å². The number of rotatable bonds is 3. The van der Waals surface area contributed by atoms with Gasteiger partial charge in [-0.1, -0.05) is 11.6 Å². The van der Waals surface area contributed by atoms with Crippen molar-refractivity contribution >= 4 is 38.9 Å². The molecule has 130 valence electrons. The lowest BCUT2D eigenvalue weighted by molar-refractivity contribution is -0.231. The zero-order valence-corrected chi connectivity index (χ0v) is 14.0. The molecule has 1 fully saturated rings. The number of methoxy groups -OCH3 is 1. The van der Waals surface area contributed by atoms with Gasteiger partial charge in [-0.05, 0) is 6.07 Å². The zero-order valence-electron chi connectivity index (χ0n) is 11.6. The Bertz CT molecular complexity index is 703. The third-order valence-corrected chi connectivity index (χ3v) is 6.31. The molecule has 1 aromatic heterocycles. The van der Waals surface area contributed by atoms with Crippen molar-refractivity contribution in [2.45, 2.75) is 17.2 Å². The van der Waals surface area contributed by atoms with E-state index in [4.69, 9.17) is 11.6 Å². The fraction of sp³-hybridized carbons (Fsp3) is 0.545. The topological polar surface area (TPSA) is 72.9 Å². The van der Waals surface area contributed by atoms with Gasteiger partial charge in [0.25, 0.3) is 0 Å². The minimum Gasteiger partial charge on any atom is -0.465 e. The molecule has 0 aromatic carbocycles. The molecule has 23 heavy (non-hydrogen) atoms. The van der Waals surface area contributed by atoms with E-state index < -0.39 is 46.3 Å². The number of alkyl halides is 3. The summed E-state index contributed by atoms with van der Waals surface area (Å²) in [6.45, 7) is -1.56. The van der Waals surface area contributed by atoms with Crippen LogP contribution in [0.2, 0.25) is 4.34 Å². The van der Waals surface area contributed by atoms with Crippen LogP contribution in [0.4, 0.5) is 13.2 Å². The van der Waals surface area contributed by atoms with E-state index in [2.05, 4.69) is 9.47 Å². The summed E-state index contributed by atoms with van der Waals surface area (Å²) >= 11 is 6.41. The van der Waals surface area contributed by atoms with Crippen molar-refractivity contribution in [3.8, 4) is 0 Å². The van der Waals surface area contributed by atoms with Crippen molar-refractivity contribution < 1.29 is 35.9 Å². The number of carbonyl (C=O) groups is 1. The molecule has 0 radical (unpaired) electrons. The SMILES string of the molecule is COC(=O)c1sc(Cl)cc1S(=O)(=O)N1CCOC(C(F)(F)F)C1. The summed E-state index contributed by atoms with van der Waals surface area (Å²) in [6.07, 6.45) is -6.91. The molecular formula is C11H11ClF3NO5S2. The van der Waals surface area contributed by atoms with Crippen LogP contribution in [0.3, 0.4) is 0 Å². The Labute approximate surface area is 138 Å². The molecule has 1 aliphatic heterocycles. The van der Waals surface area contributed by atoms with Gasteiger partial charge in [0.15, 0.2) is 6.10 Å². The number of thiophene rings is 1. The lowest BCUT2D eigenvalue weighted by Crippen LogP contribution is -2.51. The molecule has 1 aliphatic rings. The minimum atomic E-state index is -4.69. The Morgan fingerprint density at radius 2 is 2.17 bits per heavy atom. The number of halogens is 4. The standard InChI is InChI=1S/C11H11ClF3NO5S2/c1-20-10(17)9-6(4-8(12)22-9)23(18,19)16-2-3-21-7(5-16)11(13,14)15/h4,7H,2-3,5H2,1H3. The monoisotopic (exact) mass is 393 g/mol. The number of ether oxygens (including phenoxy) is 2. The Balaban J connectivity index is 2.37. The Morgan fingerprint density at radius 3 is 2.74 bits per heavy atom. The molecule has 1 unspecified atom stereocenters. The third kappa shape index (κ3) is 3.79. The molecule has 0 bridgehead atoms. The van der Waals surface area contributed by atoms with Crippen molar-refractivity contribution in [3.05, 3.63) is 15.3 Å². The van der Waals surface area contributed by atoms with Crippen LogP contribution in [0.15, 0.2) is 11.0 Å². The average Bonchev–Trinajstić information content (AvgIpc) is 2.88. The molecule has 0 spiro atoms. The van der Waals surface area contributed by atoms with Crippen LogP contribution in [-0.4, -0.2) is 57.8 Å². The average molecular weight is 394 g/mol. The van der Waals surface area contributed by atoms with Crippen LogP contribution in [0, 0.1) is 0 Å². The van der Waals surface area contributed by atoms with E-state index in [1.165, 1.54) is 0 Å². The van der Waals surface area contributed by atoms with Gasteiger partial charge < -0.3 is 9.47 Å². The molecule has 1 saturated heterocycles. The van der Waals surface area contributed by atoms with Gasteiger partial charge in [0.1, 0.15) is 9.77 Å². The molecule has 12 heteroatoms. The number of hydrogen-bond acceptors (Lipinski definition) is 6. The van der Waals surface area contributed by atoms with Crippen molar-refractivity contribution in [1.29, 1.82) is 0 Å². The van der Waals surface area contributed by atoms with Gasteiger partial charge in [0.05, 0.1) is 18.1 Å². The van der Waals surface area contributed by atoms with Crippen LogP contribution in [0.5, 0.6) is 0 Å². The van der Waals surface area contributed by atoms with Gasteiger partial charge >= 0.3 is 12.1 Å². The van der Waals surface area contributed by atoms with E-state index in [0.29, 0.717) is 15.6 Å². The summed E-state index contributed by atoms with van der Waals surface area (Å²) in [5.41, 5.74) is 0. The first kappa shape index (κ1) is 18.5. The lowest BCUT2D eigenvalue weighted by Gasteiger charge is -2.32. The smallest absolute Gasteiger partial charge is 0.415 e. The summed E-state index contributed by atoms with van der Waals surface area (Å²) in [5, 5.41) is 0. The molecular weight excluding hydrogens is 383 g/mol. The maximum absolute atomic E-state index is 12.7. The minimum absolute atomic E-state index is 0.00426. The van der Waals surface area contributed by atoms with E-state index in [1.54, 1.807) is 0 Å². The molecule has 1 atom stereocenters. The summed E-state index contributed by atoms with van der Waals surface area (Å²) in [4.78, 5) is 10.9. The first-order valence-corrected chi connectivity index (χ1v) is 8.77. The van der Waals surface area contributed by atoms with E-state index >= 15 is 0 Å². The highest BCUT2D eigenvalue weighted by atomic mass is 35.5. The van der Waals surface area contributed by atoms with E-state index in [0.717, 1.165) is 13.2 Å². The fourth-order valence-corrected chi connectivity index (χ4v) is 5.08. The van der Waals surface area contributed by atoms with Gasteiger partial charge in [-0.3, -0.25) is 0 Å². The number of esters is 1. The summed E-state index contributed by atoms with van der Waals surface area (Å²) in [6, 6.07) is 1.02. The predicted molar refractivity (Wildman–Crippen MR) is 75.2 cm³/mol. The summed E-state index contributed by atoms with van der Waals surface area (Å²) in [7, 11) is -3.29. The molecule has 2 heterocycles.